The van der Waals surface area contributed by atoms with Crippen molar-refractivity contribution in [1.82, 2.24) is 5.32 Å². The van der Waals surface area contributed by atoms with Crippen LogP contribution in [-0.4, -0.2) is 24.7 Å². The van der Waals surface area contributed by atoms with Crippen LogP contribution >= 0.6 is 11.6 Å². The zero-order chi connectivity index (χ0) is 21.4. The molecule has 3 aromatic rings. The molecule has 2 heterocycles. The molecule has 0 aliphatic carbocycles. The Bertz CT molecular complexity index is 1160. The largest absolute Gasteiger partial charge is 0.508 e. The van der Waals surface area contributed by atoms with Gasteiger partial charge >= 0.3 is 0 Å². The van der Waals surface area contributed by atoms with Crippen molar-refractivity contribution in [3.05, 3.63) is 82.4 Å². The molecular weight excluding hydrogens is 416 g/mol. The number of para-hydroxylation sites is 1. The molecule has 0 unspecified atom stereocenters. The number of fused-ring (bicyclic) bond motifs is 1. The maximum absolute atomic E-state index is 10.5. The average Bonchev–Trinajstić information content (AvgIpc) is 3.28. The highest BCUT2D eigenvalue weighted by Gasteiger charge is 2.30. The van der Waals surface area contributed by atoms with Gasteiger partial charge in [-0.1, -0.05) is 29.8 Å². The Balaban J connectivity index is 1.59. The van der Waals surface area contributed by atoms with Crippen molar-refractivity contribution in [3.8, 4) is 23.0 Å². The van der Waals surface area contributed by atoms with Crippen LogP contribution in [0.5, 0.6) is 23.0 Å². The van der Waals surface area contributed by atoms with Gasteiger partial charge in [0, 0.05) is 34.3 Å². The third-order valence-corrected chi connectivity index (χ3v) is 5.78. The second kappa shape index (κ2) is 8.13. The first kappa shape index (κ1) is 19.7. The molecule has 2 aliphatic rings. The van der Waals surface area contributed by atoms with E-state index in [1.165, 1.54) is 0 Å². The molecule has 0 bridgehead atoms. The summed E-state index contributed by atoms with van der Waals surface area (Å²) < 4.78 is 16.6. The number of nitrogens with one attached hydrogen (secondary N) is 1. The molecule has 31 heavy (non-hydrogen) atoms. The summed E-state index contributed by atoms with van der Waals surface area (Å²) in [7, 11) is 1.64. The van der Waals surface area contributed by atoms with Crippen molar-refractivity contribution in [1.29, 1.82) is 0 Å². The van der Waals surface area contributed by atoms with Gasteiger partial charge in [-0.3, -0.25) is 10.3 Å². The Morgan fingerprint density at radius 2 is 1.87 bits per heavy atom. The summed E-state index contributed by atoms with van der Waals surface area (Å²) in [6.45, 7) is 0.218. The van der Waals surface area contributed by atoms with Crippen LogP contribution in [0.2, 0.25) is 5.02 Å². The summed E-state index contributed by atoms with van der Waals surface area (Å²) in [5.74, 6) is 2.36. The van der Waals surface area contributed by atoms with Gasteiger partial charge < -0.3 is 19.3 Å². The lowest BCUT2D eigenvalue weighted by atomic mass is 9.93. The maximum atomic E-state index is 10.5. The fourth-order valence-electron chi connectivity index (χ4n) is 4.01. The van der Waals surface area contributed by atoms with Gasteiger partial charge in [-0.2, -0.15) is 0 Å². The van der Waals surface area contributed by atoms with Crippen LogP contribution in [0.25, 0.3) is 0 Å². The Hall–Kier alpha value is -3.22. The molecule has 2 atom stereocenters. The number of rotatable bonds is 4. The van der Waals surface area contributed by atoms with Gasteiger partial charge in [-0.15, -0.1) is 0 Å². The molecule has 0 saturated carbocycles. The van der Waals surface area contributed by atoms with Crippen LogP contribution in [0.1, 0.15) is 35.3 Å². The SMILES string of the molecule is COc1ccccc1[C@H]1N=C(c2ccc3c(c2)OCO3)C[C@@H](c2cc(Cl)ccc2O)N1. The predicted octanol–water partition coefficient (Wildman–Crippen LogP) is 5.01. The molecular formula is C24H21ClN2O4. The third-order valence-electron chi connectivity index (χ3n) is 5.55. The van der Waals surface area contributed by atoms with Gasteiger partial charge in [0.25, 0.3) is 0 Å². The van der Waals surface area contributed by atoms with Crippen molar-refractivity contribution >= 4 is 17.3 Å². The number of phenols is 1. The molecule has 0 spiro atoms. The van der Waals surface area contributed by atoms with Crippen LogP contribution in [0.3, 0.4) is 0 Å². The lowest BCUT2D eigenvalue weighted by molar-refractivity contribution is 0.174. The number of ether oxygens (including phenoxy) is 3. The highest BCUT2D eigenvalue weighted by molar-refractivity contribution is 6.30. The number of aliphatic imine (C=N–C) groups is 1. The van der Waals surface area contributed by atoms with Crippen molar-refractivity contribution in [2.24, 2.45) is 4.99 Å². The van der Waals surface area contributed by atoms with E-state index >= 15 is 0 Å². The number of benzene rings is 3. The molecule has 2 N–H and O–H groups in total. The van der Waals surface area contributed by atoms with Gasteiger partial charge in [0.2, 0.25) is 6.79 Å². The summed E-state index contributed by atoms with van der Waals surface area (Å²) in [5, 5.41) is 14.6. The molecule has 0 amide bonds. The van der Waals surface area contributed by atoms with E-state index in [1.807, 2.05) is 42.5 Å². The van der Waals surface area contributed by atoms with Gasteiger partial charge in [-0.05, 0) is 48.0 Å². The topological polar surface area (TPSA) is 72.3 Å². The first-order chi connectivity index (χ1) is 15.1. The molecule has 158 valence electrons. The fourth-order valence-corrected chi connectivity index (χ4v) is 4.19. The van der Waals surface area contributed by atoms with Crippen molar-refractivity contribution in [2.75, 3.05) is 13.9 Å². The van der Waals surface area contributed by atoms with E-state index in [4.69, 9.17) is 30.8 Å². The van der Waals surface area contributed by atoms with Gasteiger partial charge in [0.05, 0.1) is 7.11 Å². The maximum Gasteiger partial charge on any atom is 0.231 e. The molecule has 0 fully saturated rings. The quantitative estimate of drug-likeness (QED) is 0.601. The van der Waals surface area contributed by atoms with Gasteiger partial charge in [0.1, 0.15) is 17.7 Å². The van der Waals surface area contributed by atoms with E-state index in [0.29, 0.717) is 17.2 Å². The molecule has 3 aromatic carbocycles. The monoisotopic (exact) mass is 436 g/mol. The number of hydrogen-bond donors (Lipinski definition) is 2. The minimum Gasteiger partial charge on any atom is -0.508 e. The van der Waals surface area contributed by atoms with Gasteiger partial charge in [-0.25, -0.2) is 0 Å². The molecule has 0 radical (unpaired) electrons. The van der Waals surface area contributed by atoms with Crippen molar-refractivity contribution < 1.29 is 19.3 Å². The van der Waals surface area contributed by atoms with Crippen LogP contribution < -0.4 is 19.5 Å². The molecule has 0 saturated heterocycles. The summed E-state index contributed by atoms with van der Waals surface area (Å²) in [5.41, 5.74) is 3.46. The number of halogens is 1. The highest BCUT2D eigenvalue weighted by atomic mass is 35.5. The fraction of sp³-hybridized carbons (Fsp3) is 0.208. The minimum atomic E-state index is -0.367. The van der Waals surface area contributed by atoms with E-state index in [0.717, 1.165) is 33.9 Å². The second-order valence-electron chi connectivity index (χ2n) is 7.41. The van der Waals surface area contributed by atoms with E-state index in [1.54, 1.807) is 25.3 Å². The smallest absolute Gasteiger partial charge is 0.231 e. The van der Waals surface area contributed by atoms with Crippen molar-refractivity contribution in [3.63, 3.8) is 0 Å². The minimum absolute atomic E-state index is 0.188. The van der Waals surface area contributed by atoms with Crippen LogP contribution in [-0.2, 0) is 0 Å². The first-order valence-electron chi connectivity index (χ1n) is 9.96. The standard InChI is InChI=1S/C24H21ClN2O4/c1-29-21-5-3-2-4-16(21)24-26-18(14-6-9-22-23(10-14)31-13-30-22)12-19(27-24)17-11-15(25)7-8-20(17)28/h2-11,19,24,27-28H,12-13H2,1H3/t19-,24-/m0/s1. The van der Waals surface area contributed by atoms with Crippen LogP contribution in [0, 0.1) is 0 Å². The molecule has 6 nitrogen and oxygen atoms in total. The Morgan fingerprint density at radius 1 is 1.03 bits per heavy atom. The molecule has 5 rings (SSSR count). The van der Waals surface area contributed by atoms with Crippen molar-refractivity contribution in [2.45, 2.75) is 18.6 Å². The number of hydrogen-bond acceptors (Lipinski definition) is 6. The number of methoxy groups -OCH3 is 1. The number of aromatic hydroxyl groups is 1. The van der Waals surface area contributed by atoms with Gasteiger partial charge in [0.15, 0.2) is 11.5 Å². The summed E-state index contributed by atoms with van der Waals surface area (Å²) in [6.07, 6.45) is 0.202. The molecule has 0 aromatic heterocycles. The summed E-state index contributed by atoms with van der Waals surface area (Å²) >= 11 is 6.23. The van der Waals surface area contributed by atoms with Crippen LogP contribution in [0.15, 0.2) is 65.7 Å². The molecule has 2 aliphatic heterocycles. The summed E-state index contributed by atoms with van der Waals surface area (Å²) in [6, 6.07) is 18.5. The lowest BCUT2D eigenvalue weighted by Gasteiger charge is -2.31. The zero-order valence-electron chi connectivity index (χ0n) is 16.8. The molecule has 7 heteroatoms. The van der Waals surface area contributed by atoms with E-state index < -0.39 is 0 Å². The Morgan fingerprint density at radius 3 is 2.74 bits per heavy atom. The summed E-state index contributed by atoms with van der Waals surface area (Å²) in [4.78, 5) is 5.00. The Kier molecular flexibility index (Phi) is 5.18. The highest BCUT2D eigenvalue weighted by Crippen LogP contribution is 2.39. The number of nitrogens with zero attached hydrogens (tertiary/aromatic N) is 1. The Labute approximate surface area is 185 Å². The average molecular weight is 437 g/mol. The zero-order valence-corrected chi connectivity index (χ0v) is 17.6. The normalized spacial score (nSPS) is 19.7. The third kappa shape index (κ3) is 3.80. The van der Waals surface area contributed by atoms with E-state index in [-0.39, 0.29) is 24.8 Å². The second-order valence-corrected chi connectivity index (χ2v) is 7.85. The van der Waals surface area contributed by atoms with Crippen LogP contribution in [0.4, 0.5) is 0 Å². The van der Waals surface area contributed by atoms with E-state index in [2.05, 4.69) is 5.32 Å². The predicted molar refractivity (Wildman–Crippen MR) is 118 cm³/mol. The lowest BCUT2D eigenvalue weighted by Crippen LogP contribution is -2.33. The first-order valence-corrected chi connectivity index (χ1v) is 10.3. The number of phenolic OH excluding ortho intramolecular Hbond substituents is 1. The van der Waals surface area contributed by atoms with E-state index in [9.17, 15) is 5.11 Å².